The molecule has 0 radical (unpaired) electrons. The van der Waals surface area contributed by atoms with Gasteiger partial charge in [-0.3, -0.25) is 9.69 Å². The zero-order valence-corrected chi connectivity index (χ0v) is 13.6. The number of likely N-dealkylation sites (N-methyl/N-ethyl adjacent to an activating group) is 2. The lowest BCUT2D eigenvalue weighted by Gasteiger charge is -2.28. The summed E-state index contributed by atoms with van der Waals surface area (Å²) in [4.78, 5) is 16.7. The summed E-state index contributed by atoms with van der Waals surface area (Å²) in [5, 5.41) is 0. The first-order valence-electron chi connectivity index (χ1n) is 8.30. The zero-order chi connectivity index (χ0) is 15.0. The molecular formula is C16H33N3O. The fourth-order valence-corrected chi connectivity index (χ4v) is 3.24. The lowest BCUT2D eigenvalue weighted by molar-refractivity contribution is -0.130. The van der Waals surface area contributed by atoms with Crippen LogP contribution >= 0.6 is 0 Å². The van der Waals surface area contributed by atoms with E-state index in [9.17, 15) is 4.79 Å². The van der Waals surface area contributed by atoms with Crippen molar-refractivity contribution in [3.05, 3.63) is 0 Å². The molecule has 0 aromatic rings. The second-order valence-corrected chi connectivity index (χ2v) is 6.09. The van der Waals surface area contributed by atoms with E-state index < -0.39 is 0 Å². The molecule has 2 N–H and O–H groups in total. The van der Waals surface area contributed by atoms with Gasteiger partial charge in [-0.25, -0.2) is 0 Å². The molecule has 2 atom stereocenters. The first-order chi connectivity index (χ1) is 9.62. The largest absolute Gasteiger partial charge is 0.344 e. The van der Waals surface area contributed by atoms with Gasteiger partial charge in [0, 0.05) is 26.1 Å². The van der Waals surface area contributed by atoms with Crippen LogP contribution in [0.1, 0.15) is 52.4 Å². The number of amides is 1. The Kier molecular flexibility index (Phi) is 8.15. The van der Waals surface area contributed by atoms with Crippen LogP contribution in [0, 0.1) is 5.92 Å². The molecule has 20 heavy (non-hydrogen) atoms. The summed E-state index contributed by atoms with van der Waals surface area (Å²) in [6, 6.07) is 0.569. The van der Waals surface area contributed by atoms with Crippen molar-refractivity contribution < 1.29 is 4.79 Å². The van der Waals surface area contributed by atoms with E-state index in [1.165, 1.54) is 19.4 Å². The van der Waals surface area contributed by atoms with Gasteiger partial charge in [-0.15, -0.1) is 0 Å². The van der Waals surface area contributed by atoms with Crippen LogP contribution in [0.3, 0.4) is 0 Å². The van der Waals surface area contributed by atoms with Crippen molar-refractivity contribution in [1.82, 2.24) is 9.80 Å². The van der Waals surface area contributed by atoms with Crippen molar-refractivity contribution in [2.24, 2.45) is 11.7 Å². The van der Waals surface area contributed by atoms with E-state index >= 15 is 0 Å². The molecule has 1 aliphatic rings. The summed E-state index contributed by atoms with van der Waals surface area (Å²) < 4.78 is 0. The molecule has 4 nitrogen and oxygen atoms in total. The summed E-state index contributed by atoms with van der Waals surface area (Å²) in [7, 11) is 1.96. The Balaban J connectivity index is 2.31. The summed E-state index contributed by atoms with van der Waals surface area (Å²) in [6.45, 7) is 8.31. The zero-order valence-electron chi connectivity index (χ0n) is 13.6. The van der Waals surface area contributed by atoms with E-state index in [0.29, 0.717) is 24.3 Å². The van der Waals surface area contributed by atoms with E-state index in [-0.39, 0.29) is 0 Å². The second-order valence-electron chi connectivity index (χ2n) is 6.09. The maximum atomic E-state index is 12.2. The predicted octanol–water partition coefficient (Wildman–Crippen LogP) is 2.08. The standard InChI is InChI=1S/C16H33N3O/c1-4-14(10-11-17)8-9-16(20)18(3)13-15-7-6-12-19(15)5-2/h14-15H,4-13,17H2,1-3H3. The summed E-state index contributed by atoms with van der Waals surface area (Å²) in [5.41, 5.74) is 5.61. The Morgan fingerprint density at radius 3 is 2.75 bits per heavy atom. The molecule has 1 aliphatic heterocycles. The minimum atomic E-state index is 0.295. The second kappa shape index (κ2) is 9.35. The van der Waals surface area contributed by atoms with Crippen molar-refractivity contribution in [3.63, 3.8) is 0 Å². The maximum Gasteiger partial charge on any atom is 0.222 e. The highest BCUT2D eigenvalue weighted by Gasteiger charge is 2.25. The van der Waals surface area contributed by atoms with Crippen molar-refractivity contribution in [3.8, 4) is 0 Å². The number of rotatable bonds is 9. The normalized spacial score (nSPS) is 21.1. The van der Waals surface area contributed by atoms with Crippen molar-refractivity contribution in [2.75, 3.05) is 33.2 Å². The van der Waals surface area contributed by atoms with E-state index in [2.05, 4.69) is 18.7 Å². The quantitative estimate of drug-likeness (QED) is 0.705. The molecule has 1 fully saturated rings. The highest BCUT2D eigenvalue weighted by atomic mass is 16.2. The van der Waals surface area contributed by atoms with Crippen LogP contribution in [0.5, 0.6) is 0 Å². The molecule has 2 unspecified atom stereocenters. The number of hydrogen-bond donors (Lipinski definition) is 1. The molecule has 0 aliphatic carbocycles. The molecule has 1 saturated heterocycles. The summed E-state index contributed by atoms with van der Waals surface area (Å²) >= 11 is 0. The lowest BCUT2D eigenvalue weighted by Crippen LogP contribution is -2.41. The van der Waals surface area contributed by atoms with Crippen LogP contribution in [0.4, 0.5) is 0 Å². The number of hydrogen-bond acceptors (Lipinski definition) is 3. The van der Waals surface area contributed by atoms with Crippen LogP contribution in [-0.2, 0) is 4.79 Å². The third-order valence-corrected chi connectivity index (χ3v) is 4.73. The maximum absolute atomic E-state index is 12.2. The summed E-state index contributed by atoms with van der Waals surface area (Å²) in [6.07, 6.45) is 6.33. The third-order valence-electron chi connectivity index (χ3n) is 4.73. The van der Waals surface area contributed by atoms with Crippen molar-refractivity contribution >= 4 is 5.91 Å². The van der Waals surface area contributed by atoms with Gasteiger partial charge in [-0.1, -0.05) is 20.3 Å². The Labute approximate surface area is 124 Å². The Bertz CT molecular complexity index is 283. The number of carbonyl (C=O) groups is 1. The Morgan fingerprint density at radius 2 is 2.15 bits per heavy atom. The molecule has 0 spiro atoms. The molecular weight excluding hydrogens is 250 g/mol. The Hall–Kier alpha value is -0.610. The van der Waals surface area contributed by atoms with Gasteiger partial charge in [-0.05, 0) is 51.2 Å². The topological polar surface area (TPSA) is 49.6 Å². The fraction of sp³-hybridized carbons (Fsp3) is 0.938. The molecule has 0 bridgehead atoms. The van der Waals surface area contributed by atoms with Crippen molar-refractivity contribution in [2.45, 2.75) is 58.4 Å². The van der Waals surface area contributed by atoms with Gasteiger partial charge in [-0.2, -0.15) is 0 Å². The average Bonchev–Trinajstić information content (AvgIpc) is 2.90. The highest BCUT2D eigenvalue weighted by molar-refractivity contribution is 5.75. The lowest BCUT2D eigenvalue weighted by atomic mass is 9.96. The Morgan fingerprint density at radius 1 is 1.40 bits per heavy atom. The van der Waals surface area contributed by atoms with Gasteiger partial charge >= 0.3 is 0 Å². The number of likely N-dealkylation sites (tertiary alicyclic amines) is 1. The summed E-state index contributed by atoms with van der Waals surface area (Å²) in [5.74, 6) is 0.902. The van der Waals surface area contributed by atoms with Crippen molar-refractivity contribution in [1.29, 1.82) is 0 Å². The molecule has 0 saturated carbocycles. The minimum absolute atomic E-state index is 0.295. The van der Waals surface area contributed by atoms with Gasteiger partial charge in [0.15, 0.2) is 0 Å². The smallest absolute Gasteiger partial charge is 0.222 e. The van der Waals surface area contributed by atoms with Crippen LogP contribution in [0.25, 0.3) is 0 Å². The van der Waals surface area contributed by atoms with E-state index in [0.717, 1.165) is 38.9 Å². The molecule has 1 rings (SSSR count). The average molecular weight is 283 g/mol. The van der Waals surface area contributed by atoms with E-state index in [1.807, 2.05) is 11.9 Å². The highest BCUT2D eigenvalue weighted by Crippen LogP contribution is 2.19. The molecule has 118 valence electrons. The number of nitrogens with two attached hydrogens (primary N) is 1. The van der Waals surface area contributed by atoms with Gasteiger partial charge in [0.1, 0.15) is 0 Å². The van der Waals surface area contributed by atoms with Crippen LogP contribution in [0.15, 0.2) is 0 Å². The van der Waals surface area contributed by atoms with Gasteiger partial charge in [0.2, 0.25) is 5.91 Å². The molecule has 1 heterocycles. The predicted molar refractivity (Wildman–Crippen MR) is 84.6 cm³/mol. The first kappa shape index (κ1) is 17.4. The monoisotopic (exact) mass is 283 g/mol. The van der Waals surface area contributed by atoms with E-state index in [1.54, 1.807) is 0 Å². The fourth-order valence-electron chi connectivity index (χ4n) is 3.24. The molecule has 0 aromatic heterocycles. The molecule has 1 amide bonds. The van der Waals surface area contributed by atoms with Crippen LogP contribution in [0.2, 0.25) is 0 Å². The SMILES string of the molecule is CCC(CCN)CCC(=O)N(C)CC1CCCN1CC. The molecule has 0 aromatic carbocycles. The third kappa shape index (κ3) is 5.41. The van der Waals surface area contributed by atoms with Gasteiger partial charge < -0.3 is 10.6 Å². The number of nitrogens with zero attached hydrogens (tertiary/aromatic N) is 2. The number of carbonyl (C=O) groups excluding carboxylic acids is 1. The first-order valence-corrected chi connectivity index (χ1v) is 8.30. The van der Waals surface area contributed by atoms with Crippen LogP contribution in [-0.4, -0.2) is 55.0 Å². The minimum Gasteiger partial charge on any atom is -0.344 e. The van der Waals surface area contributed by atoms with E-state index in [4.69, 9.17) is 5.73 Å². The molecule has 4 heteroatoms. The van der Waals surface area contributed by atoms with Gasteiger partial charge in [0.05, 0.1) is 0 Å². The van der Waals surface area contributed by atoms with Crippen LogP contribution < -0.4 is 5.73 Å². The van der Waals surface area contributed by atoms with Gasteiger partial charge in [0.25, 0.3) is 0 Å².